The molecule has 3 fully saturated rings. The molecular formula is C90H107N11O7. The molecular weight excluding hydrogens is 1350 g/mol. The number of benzene rings is 6. The van der Waals surface area contributed by atoms with Crippen LogP contribution in [0.15, 0.2) is 243 Å². The van der Waals surface area contributed by atoms with Crippen molar-refractivity contribution < 1.29 is 33.8 Å². The molecule has 4 atom stereocenters. The van der Waals surface area contributed by atoms with E-state index in [0.29, 0.717) is 58.5 Å². The van der Waals surface area contributed by atoms with Gasteiger partial charge in [0.15, 0.2) is 0 Å². The van der Waals surface area contributed by atoms with Gasteiger partial charge >= 0.3 is 0 Å². The minimum atomic E-state index is -0.706. The zero-order valence-electron chi connectivity index (χ0n) is 62.2. The van der Waals surface area contributed by atoms with Crippen LogP contribution in [0, 0.1) is 11.8 Å². The minimum Gasteiger partial charge on any atom is -0.490 e. The first-order valence-electron chi connectivity index (χ1n) is 39.0. The van der Waals surface area contributed by atoms with E-state index in [1.807, 2.05) is 109 Å². The van der Waals surface area contributed by atoms with Gasteiger partial charge in [0.05, 0.1) is 23.7 Å². The normalized spacial score (nSPS) is 15.3. The van der Waals surface area contributed by atoms with Crippen molar-refractivity contribution in [3.05, 3.63) is 277 Å². The van der Waals surface area contributed by atoms with E-state index in [0.717, 1.165) is 154 Å². The summed E-state index contributed by atoms with van der Waals surface area (Å²) in [5, 5.41) is 32.6. The van der Waals surface area contributed by atoms with Crippen LogP contribution in [0.1, 0.15) is 110 Å². The summed E-state index contributed by atoms with van der Waals surface area (Å²) in [6.45, 7) is 5.47. The van der Waals surface area contributed by atoms with Gasteiger partial charge in [-0.1, -0.05) is 146 Å². The van der Waals surface area contributed by atoms with Crippen LogP contribution in [0.5, 0.6) is 5.75 Å². The van der Waals surface area contributed by atoms with Crippen LogP contribution in [-0.2, 0) is 62.4 Å². The molecule has 7 N–H and O–H groups in total. The van der Waals surface area contributed by atoms with Gasteiger partial charge in [-0.25, -0.2) is 0 Å². The van der Waals surface area contributed by atoms with E-state index < -0.39 is 18.2 Å². The topological polar surface area (TPSA) is 237 Å². The average Bonchev–Trinajstić information content (AvgIpc) is 1.75. The Morgan fingerprint density at radius 3 is 1.36 bits per heavy atom. The van der Waals surface area contributed by atoms with Gasteiger partial charge in [0.2, 0.25) is 23.6 Å². The number of fused-ring (bicyclic) bond motifs is 2. The third-order valence-corrected chi connectivity index (χ3v) is 20.5. The summed E-state index contributed by atoms with van der Waals surface area (Å²) in [4.78, 5) is 74.0. The van der Waals surface area contributed by atoms with Crippen LogP contribution >= 0.6 is 0 Å². The number of β-amino-alcohol motifs (C(OH)–C–C–N with tert-alkyl or cyclic N) is 1. The Morgan fingerprint density at radius 2 is 0.907 bits per heavy atom. The molecule has 18 heteroatoms. The van der Waals surface area contributed by atoms with E-state index in [1.165, 1.54) is 22.3 Å². The molecule has 10 aromatic rings. The highest BCUT2D eigenvalue weighted by Crippen LogP contribution is 2.27. The molecule has 7 heterocycles. The van der Waals surface area contributed by atoms with Crippen LogP contribution < -0.4 is 36.6 Å². The lowest BCUT2D eigenvalue weighted by Crippen LogP contribution is -2.53. The van der Waals surface area contributed by atoms with E-state index >= 15 is 0 Å². The Balaban J connectivity index is 0.000000185. The number of pyridine rings is 4. The lowest BCUT2D eigenvalue weighted by atomic mass is 9.94. The number of ether oxygens (including phenoxy) is 2. The highest BCUT2D eigenvalue weighted by atomic mass is 16.6. The number of anilines is 1. The van der Waals surface area contributed by atoms with Gasteiger partial charge in [-0.05, 0) is 223 Å². The molecule has 4 aromatic heterocycles. The van der Waals surface area contributed by atoms with Crippen LogP contribution in [0.25, 0.3) is 21.8 Å². The number of aryl methyl sites for hydroxylation is 4. The summed E-state index contributed by atoms with van der Waals surface area (Å²) < 4.78 is 10.8. The first kappa shape index (κ1) is 78.8. The maximum Gasteiger partial charge on any atom is 0.243 e. The number of likely N-dealkylation sites (tertiary alicyclic amines) is 1. The Kier molecular flexibility index (Phi) is 31.8. The van der Waals surface area contributed by atoms with Gasteiger partial charge < -0.3 is 51.4 Å². The quantitative estimate of drug-likeness (QED) is 0.0181. The number of rotatable bonds is 36. The molecule has 0 aliphatic carbocycles. The first-order chi connectivity index (χ1) is 53.1. The van der Waals surface area contributed by atoms with Crippen LogP contribution in [0.4, 0.5) is 5.69 Å². The van der Waals surface area contributed by atoms with Crippen molar-refractivity contribution in [3.8, 4) is 5.75 Å². The van der Waals surface area contributed by atoms with Gasteiger partial charge in [-0.15, -0.1) is 0 Å². The van der Waals surface area contributed by atoms with Crippen molar-refractivity contribution in [2.45, 2.75) is 152 Å². The zero-order valence-corrected chi connectivity index (χ0v) is 62.2. The molecule has 3 aliphatic rings. The number of aromatic nitrogens is 4. The van der Waals surface area contributed by atoms with E-state index in [9.17, 15) is 24.3 Å². The molecule has 3 aliphatic heterocycles. The molecule has 4 amide bonds. The highest BCUT2D eigenvalue weighted by molar-refractivity contribution is 5.92. The summed E-state index contributed by atoms with van der Waals surface area (Å²) in [6.07, 6.45) is 25.3. The van der Waals surface area contributed by atoms with Gasteiger partial charge in [0, 0.05) is 103 Å². The number of hydrogen-bond donors (Lipinski definition) is 7. The number of nitrogens with zero attached hydrogens (tertiary/aromatic N) is 5. The highest BCUT2D eigenvalue weighted by Gasteiger charge is 2.32. The predicted molar refractivity (Wildman–Crippen MR) is 429 cm³/mol. The van der Waals surface area contributed by atoms with E-state index in [4.69, 9.17) is 9.47 Å². The summed E-state index contributed by atoms with van der Waals surface area (Å²) >= 11 is 0. The fourth-order valence-electron chi connectivity index (χ4n) is 14.3. The lowest BCUT2D eigenvalue weighted by molar-refractivity contribution is -0.132. The molecule has 108 heavy (non-hydrogen) atoms. The number of epoxide rings is 1. The Hall–Kier alpha value is -10.2. The van der Waals surface area contributed by atoms with Gasteiger partial charge in [-0.3, -0.25) is 39.1 Å². The molecule has 13 rings (SSSR count). The van der Waals surface area contributed by atoms with Crippen LogP contribution in [-0.4, -0.2) is 142 Å². The van der Waals surface area contributed by atoms with Gasteiger partial charge in [-0.2, -0.15) is 0 Å². The van der Waals surface area contributed by atoms with E-state index in [1.54, 1.807) is 37.2 Å². The SMILES string of the molecule is O=C(N[C@@H](Cc1cccnc1)C(=O)NC(CCCc1ccccc1)CCCc1ccccc1)C1CCN(C[C@@H](O)CNc2cccc3ncccc23)CC1.O=C(N[C@@H](Cc1cccnc1)C(=O)NC(CCCc1ccccc1)CCCc1ccccc1)C1CCNCC1.c1cc(OC[C@H]2CO2)c2cccnc2c1. The average molecular weight is 1450 g/mol. The minimum absolute atomic E-state index is 0.000315. The second-order valence-corrected chi connectivity index (χ2v) is 28.8. The second-order valence-electron chi connectivity index (χ2n) is 28.8. The largest absolute Gasteiger partial charge is 0.490 e. The number of carbonyl (C=O) groups is 4. The van der Waals surface area contributed by atoms with Crippen molar-refractivity contribution >= 4 is 51.1 Å². The molecule has 6 aromatic carbocycles. The molecule has 0 unspecified atom stereocenters. The molecule has 0 bridgehead atoms. The van der Waals surface area contributed by atoms with Crippen molar-refractivity contribution in [1.82, 2.24) is 51.4 Å². The number of aliphatic hydroxyl groups is 1. The summed E-state index contributed by atoms with van der Waals surface area (Å²) in [7, 11) is 0. The molecule has 0 spiro atoms. The number of aliphatic hydroxyl groups excluding tert-OH is 1. The maximum absolute atomic E-state index is 14.1. The molecule has 0 radical (unpaired) electrons. The zero-order chi connectivity index (χ0) is 74.6. The molecule has 18 nitrogen and oxygen atoms in total. The van der Waals surface area contributed by atoms with Crippen LogP contribution in [0.2, 0.25) is 0 Å². The van der Waals surface area contributed by atoms with Crippen LogP contribution in [0.3, 0.4) is 0 Å². The summed E-state index contributed by atoms with van der Waals surface area (Å²) in [5.41, 5.74) is 9.89. The fourth-order valence-corrected chi connectivity index (χ4v) is 14.3. The monoisotopic (exact) mass is 1450 g/mol. The number of piperidine rings is 2. The van der Waals surface area contributed by atoms with Gasteiger partial charge in [0.1, 0.15) is 30.5 Å². The molecule has 564 valence electrons. The van der Waals surface area contributed by atoms with Crippen molar-refractivity contribution in [3.63, 3.8) is 0 Å². The molecule has 0 saturated carbocycles. The third kappa shape index (κ3) is 26.9. The van der Waals surface area contributed by atoms with Gasteiger partial charge in [0.25, 0.3) is 0 Å². The standard InChI is InChI=1S/C45H54N6O3.C33H42N4O2.C12H11NO2/c52-39(32-48-42-23-9-22-41-40(42)21-11-27-47-41)33-51-28-24-37(25-29-51)44(53)50-43(30-36-18-10-26-46-31-36)45(54)49-38(19-7-16-34-12-3-1-4-13-34)20-8-17-35-14-5-2-6-15-35;38-32(29-19-22-34-23-20-29)37-31(24-28-16-9-21-35-25-28)33(39)36-30(17-7-14-26-10-3-1-4-11-26)18-8-15-27-12-5-2-6-13-27;1-4-11-10(3-2-6-13-11)12(5-1)15-8-9-7-14-9/h1-6,9-15,18,21-23,26-27,31,37-39,43,48,52H,7-8,16-17,19-20,24-25,28-30,32-33H2,(H,49,54)(H,50,53);1-6,9-13,16,21,25,29-31,34H,7-8,14-15,17-20,22-24H2,(H,36,39)(H,37,38);1-6,9H,7-8H2/t39-,43-;31-;9-/m001/s1. The van der Waals surface area contributed by atoms with Crippen molar-refractivity contribution in [2.24, 2.45) is 11.8 Å². The lowest BCUT2D eigenvalue weighted by Gasteiger charge is -2.33. The van der Waals surface area contributed by atoms with E-state index in [2.05, 4.69) is 154 Å². The third-order valence-electron chi connectivity index (χ3n) is 20.5. The predicted octanol–water partition coefficient (Wildman–Crippen LogP) is 13.0. The molecule has 3 saturated heterocycles. The Bertz CT molecular complexity index is 4170. The second kappa shape index (κ2) is 43.5. The Labute approximate surface area is 637 Å². The number of amides is 4. The number of hydrogen-bond acceptors (Lipinski definition) is 14. The van der Waals surface area contributed by atoms with Crippen molar-refractivity contribution in [2.75, 3.05) is 57.8 Å². The van der Waals surface area contributed by atoms with E-state index in [-0.39, 0.29) is 53.7 Å². The Morgan fingerprint density at radius 1 is 0.481 bits per heavy atom. The number of carbonyl (C=O) groups excluding carboxylic acids is 4. The number of nitrogens with one attached hydrogen (secondary N) is 6. The fraction of sp³-hybridized carbons (Fsp3) is 0.378. The smallest absolute Gasteiger partial charge is 0.243 e. The van der Waals surface area contributed by atoms with Crippen molar-refractivity contribution in [1.29, 1.82) is 0 Å². The first-order valence-corrected chi connectivity index (χ1v) is 39.0. The maximum atomic E-state index is 14.1. The summed E-state index contributed by atoms with van der Waals surface area (Å²) in [6, 6.07) is 68.0. The summed E-state index contributed by atoms with van der Waals surface area (Å²) in [5.74, 6) is 0.271.